The molecule has 2 aromatic carbocycles. The predicted molar refractivity (Wildman–Crippen MR) is 134 cm³/mol. The topological polar surface area (TPSA) is 78.3 Å². The second-order valence-corrected chi connectivity index (χ2v) is 8.78. The van der Waals surface area contributed by atoms with E-state index in [-0.39, 0.29) is 5.91 Å². The standard InChI is InChI=1S/C26H28N4O3S/c1-18-17-34-24(28-18)11-7-8-14-27-26(31)21-16-30(20-9-5-4-6-10-20)29-25(21)19-12-13-22(32-2)23(15-19)33-3/h4-6,9-10,12-13,15-17H,7-8,11,14H2,1-3H3,(H,27,31). The molecule has 0 aliphatic rings. The lowest BCUT2D eigenvalue weighted by Crippen LogP contribution is -2.24. The molecule has 4 rings (SSSR count). The highest BCUT2D eigenvalue weighted by molar-refractivity contribution is 7.09. The molecule has 0 aliphatic heterocycles. The Bertz CT molecular complexity index is 1250. The van der Waals surface area contributed by atoms with Crippen LogP contribution in [0.5, 0.6) is 11.5 Å². The molecule has 1 N–H and O–H groups in total. The fourth-order valence-electron chi connectivity index (χ4n) is 3.67. The molecule has 0 atom stereocenters. The van der Waals surface area contributed by atoms with Crippen LogP contribution in [0.4, 0.5) is 0 Å². The summed E-state index contributed by atoms with van der Waals surface area (Å²) in [6.45, 7) is 2.59. The molecular weight excluding hydrogens is 448 g/mol. The van der Waals surface area contributed by atoms with Crippen molar-refractivity contribution >= 4 is 17.2 Å². The summed E-state index contributed by atoms with van der Waals surface area (Å²) in [6, 6.07) is 15.3. The van der Waals surface area contributed by atoms with Crippen LogP contribution in [-0.2, 0) is 6.42 Å². The van der Waals surface area contributed by atoms with Crippen LogP contribution >= 0.6 is 11.3 Å². The third kappa shape index (κ3) is 5.46. The summed E-state index contributed by atoms with van der Waals surface area (Å²) in [7, 11) is 3.18. The number of unbranched alkanes of at least 4 members (excludes halogenated alkanes) is 1. The van der Waals surface area contributed by atoms with Gasteiger partial charge in [-0.25, -0.2) is 9.67 Å². The largest absolute Gasteiger partial charge is 0.493 e. The monoisotopic (exact) mass is 476 g/mol. The van der Waals surface area contributed by atoms with Crippen molar-refractivity contribution in [3.05, 3.63) is 76.4 Å². The molecule has 176 valence electrons. The highest BCUT2D eigenvalue weighted by Gasteiger charge is 2.20. The second kappa shape index (κ2) is 11.0. The van der Waals surface area contributed by atoms with Crippen molar-refractivity contribution in [2.24, 2.45) is 0 Å². The molecule has 0 fully saturated rings. The number of carbonyl (C=O) groups is 1. The number of nitrogens with one attached hydrogen (secondary N) is 1. The number of ether oxygens (including phenoxy) is 2. The third-order valence-electron chi connectivity index (χ3n) is 5.41. The molecule has 34 heavy (non-hydrogen) atoms. The van der Waals surface area contributed by atoms with E-state index < -0.39 is 0 Å². The lowest BCUT2D eigenvalue weighted by molar-refractivity contribution is 0.0953. The van der Waals surface area contributed by atoms with E-state index in [1.165, 1.54) is 0 Å². The van der Waals surface area contributed by atoms with E-state index >= 15 is 0 Å². The molecule has 7 nitrogen and oxygen atoms in total. The normalized spacial score (nSPS) is 10.8. The van der Waals surface area contributed by atoms with Gasteiger partial charge in [0.05, 0.1) is 30.5 Å². The van der Waals surface area contributed by atoms with Gasteiger partial charge >= 0.3 is 0 Å². The Balaban J connectivity index is 1.53. The number of aromatic nitrogens is 3. The maximum atomic E-state index is 13.2. The number of hydrogen-bond donors (Lipinski definition) is 1. The Kier molecular flexibility index (Phi) is 7.59. The minimum absolute atomic E-state index is 0.156. The molecule has 0 radical (unpaired) electrons. The first-order valence-corrected chi connectivity index (χ1v) is 12.0. The van der Waals surface area contributed by atoms with Gasteiger partial charge in [0.1, 0.15) is 5.69 Å². The Morgan fingerprint density at radius 1 is 1.06 bits per heavy atom. The summed E-state index contributed by atoms with van der Waals surface area (Å²) in [6.07, 6.45) is 4.55. The fourth-order valence-corrected chi connectivity index (χ4v) is 4.48. The summed E-state index contributed by atoms with van der Waals surface area (Å²) < 4.78 is 12.5. The molecule has 1 amide bonds. The third-order valence-corrected chi connectivity index (χ3v) is 6.43. The minimum atomic E-state index is -0.156. The predicted octanol–water partition coefficient (Wildman–Crippen LogP) is 5.07. The SMILES string of the molecule is COc1ccc(-c2nn(-c3ccccc3)cc2C(=O)NCCCCc2nc(C)cs2)cc1OC. The Morgan fingerprint density at radius 2 is 1.85 bits per heavy atom. The van der Waals surface area contributed by atoms with Crippen molar-refractivity contribution in [1.29, 1.82) is 0 Å². The van der Waals surface area contributed by atoms with E-state index in [0.29, 0.717) is 29.3 Å². The molecule has 8 heteroatoms. The zero-order valence-electron chi connectivity index (χ0n) is 19.6. The van der Waals surface area contributed by atoms with Crippen molar-refractivity contribution in [3.63, 3.8) is 0 Å². The maximum absolute atomic E-state index is 13.2. The van der Waals surface area contributed by atoms with Gasteiger partial charge in [-0.1, -0.05) is 18.2 Å². The maximum Gasteiger partial charge on any atom is 0.255 e. The van der Waals surface area contributed by atoms with Gasteiger partial charge in [-0.15, -0.1) is 11.3 Å². The summed E-state index contributed by atoms with van der Waals surface area (Å²) in [5.41, 5.74) is 3.80. The highest BCUT2D eigenvalue weighted by atomic mass is 32.1. The number of nitrogens with zero attached hydrogens (tertiary/aromatic N) is 3. The van der Waals surface area contributed by atoms with E-state index in [4.69, 9.17) is 14.6 Å². The lowest BCUT2D eigenvalue weighted by atomic mass is 10.1. The first kappa shape index (κ1) is 23.5. The zero-order chi connectivity index (χ0) is 23.9. The average Bonchev–Trinajstić information content (AvgIpc) is 3.50. The Labute approximate surface area is 203 Å². The van der Waals surface area contributed by atoms with Crippen LogP contribution in [0.1, 0.15) is 33.9 Å². The summed E-state index contributed by atoms with van der Waals surface area (Å²) in [5, 5.41) is 11.0. The van der Waals surface area contributed by atoms with Crippen LogP contribution < -0.4 is 14.8 Å². The van der Waals surface area contributed by atoms with Crippen LogP contribution in [0.3, 0.4) is 0 Å². The second-order valence-electron chi connectivity index (χ2n) is 7.84. The van der Waals surface area contributed by atoms with E-state index in [1.807, 2.05) is 55.5 Å². The molecule has 0 aliphatic carbocycles. The van der Waals surface area contributed by atoms with Crippen LogP contribution in [-0.4, -0.2) is 41.4 Å². The molecule has 2 aromatic heterocycles. The van der Waals surface area contributed by atoms with Gasteiger partial charge in [0.25, 0.3) is 5.91 Å². The van der Waals surface area contributed by atoms with Crippen molar-refractivity contribution in [1.82, 2.24) is 20.1 Å². The van der Waals surface area contributed by atoms with Gasteiger partial charge in [-0.05, 0) is 56.5 Å². The minimum Gasteiger partial charge on any atom is -0.493 e. The van der Waals surface area contributed by atoms with Crippen molar-refractivity contribution in [2.45, 2.75) is 26.2 Å². The quantitative estimate of drug-likeness (QED) is 0.323. The van der Waals surface area contributed by atoms with E-state index in [9.17, 15) is 4.79 Å². The smallest absolute Gasteiger partial charge is 0.255 e. The van der Waals surface area contributed by atoms with Crippen LogP contribution in [0, 0.1) is 6.92 Å². The average molecular weight is 477 g/mol. The molecule has 0 saturated heterocycles. The number of carbonyl (C=O) groups excluding carboxylic acids is 1. The van der Waals surface area contributed by atoms with E-state index in [1.54, 1.807) is 36.4 Å². The number of amides is 1. The Morgan fingerprint density at radius 3 is 2.56 bits per heavy atom. The van der Waals surface area contributed by atoms with Gasteiger partial charge in [0.2, 0.25) is 0 Å². The van der Waals surface area contributed by atoms with Gasteiger partial charge in [0, 0.05) is 29.4 Å². The summed E-state index contributed by atoms with van der Waals surface area (Å²) in [5.74, 6) is 1.05. The first-order valence-electron chi connectivity index (χ1n) is 11.2. The van der Waals surface area contributed by atoms with Crippen LogP contribution in [0.15, 0.2) is 60.1 Å². The number of methoxy groups -OCH3 is 2. The molecular formula is C26H28N4O3S. The van der Waals surface area contributed by atoms with Gasteiger partial charge in [-0.3, -0.25) is 4.79 Å². The van der Waals surface area contributed by atoms with Crippen molar-refractivity contribution in [2.75, 3.05) is 20.8 Å². The summed E-state index contributed by atoms with van der Waals surface area (Å²) >= 11 is 1.69. The van der Waals surface area contributed by atoms with Gasteiger partial charge in [-0.2, -0.15) is 5.10 Å². The van der Waals surface area contributed by atoms with E-state index in [2.05, 4.69) is 15.7 Å². The number of para-hydroxylation sites is 1. The number of hydrogen-bond acceptors (Lipinski definition) is 6. The highest BCUT2D eigenvalue weighted by Crippen LogP contribution is 2.33. The molecule has 0 unspecified atom stereocenters. The van der Waals surface area contributed by atoms with Gasteiger partial charge in [0.15, 0.2) is 11.5 Å². The van der Waals surface area contributed by atoms with Crippen LogP contribution in [0.25, 0.3) is 16.9 Å². The molecule has 0 spiro atoms. The van der Waals surface area contributed by atoms with Crippen molar-refractivity contribution < 1.29 is 14.3 Å². The van der Waals surface area contributed by atoms with E-state index in [0.717, 1.165) is 41.2 Å². The van der Waals surface area contributed by atoms with Gasteiger partial charge < -0.3 is 14.8 Å². The molecule has 0 bridgehead atoms. The first-order chi connectivity index (χ1) is 16.6. The molecule has 2 heterocycles. The lowest BCUT2D eigenvalue weighted by Gasteiger charge is -2.09. The fraction of sp³-hybridized carbons (Fsp3) is 0.269. The Hall–Kier alpha value is -3.65. The molecule has 4 aromatic rings. The zero-order valence-corrected chi connectivity index (χ0v) is 20.4. The molecule has 0 saturated carbocycles. The number of rotatable bonds is 10. The van der Waals surface area contributed by atoms with Crippen LogP contribution in [0.2, 0.25) is 0 Å². The number of aryl methyl sites for hydroxylation is 2. The summed E-state index contributed by atoms with van der Waals surface area (Å²) in [4.78, 5) is 17.7. The number of thiazole rings is 1. The number of benzene rings is 2. The van der Waals surface area contributed by atoms with Crippen molar-refractivity contribution in [3.8, 4) is 28.4 Å².